The molecule has 3 heteroatoms. The number of aromatic amines is 1. The van der Waals surface area contributed by atoms with Crippen molar-refractivity contribution in [2.45, 2.75) is 32.1 Å². The van der Waals surface area contributed by atoms with Crippen LogP contribution in [0.15, 0.2) is 48.5 Å². The highest BCUT2D eigenvalue weighted by Crippen LogP contribution is 2.33. The number of hydrogen-bond acceptors (Lipinski definition) is 1. The van der Waals surface area contributed by atoms with Crippen molar-refractivity contribution in [3.8, 4) is 0 Å². The van der Waals surface area contributed by atoms with E-state index in [1.807, 2.05) is 0 Å². The third kappa shape index (κ3) is 2.54. The number of nitrogens with one attached hydrogen (secondary N) is 2. The molecule has 0 fully saturated rings. The number of H-pyrrole nitrogens is 1. The molecule has 23 heavy (non-hydrogen) atoms. The summed E-state index contributed by atoms with van der Waals surface area (Å²) in [6.07, 6.45) is 1.10. The molecule has 0 radical (unpaired) electrons. The molecule has 0 saturated carbocycles. The number of aromatic nitrogens is 1. The summed E-state index contributed by atoms with van der Waals surface area (Å²) in [7, 11) is -1.29. The first-order valence-electron chi connectivity index (χ1n) is 8.47. The molecule has 0 aliphatic carbocycles. The van der Waals surface area contributed by atoms with Crippen LogP contribution in [-0.2, 0) is 6.42 Å². The quantitative estimate of drug-likeness (QED) is 0.688. The molecule has 0 amide bonds. The second kappa shape index (κ2) is 5.36. The lowest BCUT2D eigenvalue weighted by Crippen LogP contribution is -2.38. The maximum atomic E-state index is 3.72. The molecule has 4 rings (SSSR count). The van der Waals surface area contributed by atoms with E-state index in [0.717, 1.165) is 13.0 Å². The number of benzene rings is 2. The molecule has 2 N–H and O–H groups in total. The van der Waals surface area contributed by atoms with Crippen LogP contribution in [0.5, 0.6) is 0 Å². The van der Waals surface area contributed by atoms with Gasteiger partial charge < -0.3 is 10.3 Å². The molecule has 118 valence electrons. The van der Waals surface area contributed by atoms with Crippen molar-refractivity contribution in [1.29, 1.82) is 0 Å². The lowest BCUT2D eigenvalue weighted by molar-refractivity contribution is 0.560. The van der Waals surface area contributed by atoms with Crippen molar-refractivity contribution in [3.05, 3.63) is 65.4 Å². The van der Waals surface area contributed by atoms with Gasteiger partial charge in [0.25, 0.3) is 0 Å². The number of rotatable bonds is 2. The van der Waals surface area contributed by atoms with Gasteiger partial charge in [0.15, 0.2) is 0 Å². The predicted molar refractivity (Wildman–Crippen MR) is 101 cm³/mol. The summed E-state index contributed by atoms with van der Waals surface area (Å²) in [6, 6.07) is 18.2. The molecule has 3 aromatic rings. The molecule has 1 aliphatic heterocycles. The van der Waals surface area contributed by atoms with Crippen LogP contribution >= 0.6 is 0 Å². The number of fused-ring (bicyclic) bond motifs is 3. The van der Waals surface area contributed by atoms with Crippen molar-refractivity contribution in [1.82, 2.24) is 10.3 Å². The summed E-state index contributed by atoms with van der Waals surface area (Å²) < 4.78 is 0. The molecule has 2 nitrogen and oxygen atoms in total. The van der Waals surface area contributed by atoms with Gasteiger partial charge >= 0.3 is 0 Å². The van der Waals surface area contributed by atoms with E-state index in [0.29, 0.717) is 0 Å². The van der Waals surface area contributed by atoms with Gasteiger partial charge in [0.1, 0.15) is 0 Å². The topological polar surface area (TPSA) is 27.8 Å². The zero-order valence-electron chi connectivity index (χ0n) is 14.1. The highest BCUT2D eigenvalue weighted by atomic mass is 28.3. The zero-order chi connectivity index (χ0) is 16.0. The Morgan fingerprint density at radius 3 is 2.65 bits per heavy atom. The number of hydrogen-bond donors (Lipinski definition) is 2. The zero-order valence-corrected chi connectivity index (χ0v) is 15.1. The van der Waals surface area contributed by atoms with E-state index >= 15 is 0 Å². The van der Waals surface area contributed by atoms with Gasteiger partial charge in [0, 0.05) is 23.1 Å². The molecule has 1 atom stereocenters. The summed E-state index contributed by atoms with van der Waals surface area (Å²) in [5, 5.41) is 6.63. The van der Waals surface area contributed by atoms with Crippen LogP contribution in [0.2, 0.25) is 19.6 Å². The maximum absolute atomic E-state index is 3.72. The second-order valence-electron chi connectivity index (χ2n) is 7.58. The number of para-hydroxylation sites is 1. The molecule has 2 aromatic carbocycles. The average Bonchev–Trinajstić information content (AvgIpc) is 2.93. The third-order valence-corrected chi connectivity index (χ3v) is 6.99. The summed E-state index contributed by atoms with van der Waals surface area (Å²) in [5.74, 6) is 0. The Morgan fingerprint density at radius 1 is 1.00 bits per heavy atom. The van der Waals surface area contributed by atoms with Gasteiger partial charge in [0.2, 0.25) is 0 Å². The fourth-order valence-electron chi connectivity index (χ4n) is 3.65. The Kier molecular flexibility index (Phi) is 3.43. The second-order valence-corrected chi connectivity index (χ2v) is 12.7. The highest BCUT2D eigenvalue weighted by Gasteiger charge is 2.26. The third-order valence-electron chi connectivity index (χ3n) is 4.94. The van der Waals surface area contributed by atoms with Crippen molar-refractivity contribution in [3.63, 3.8) is 0 Å². The molecule has 0 bridgehead atoms. The average molecular weight is 321 g/mol. The van der Waals surface area contributed by atoms with Crippen molar-refractivity contribution < 1.29 is 0 Å². The Morgan fingerprint density at radius 2 is 1.83 bits per heavy atom. The van der Waals surface area contributed by atoms with Gasteiger partial charge in [0.05, 0.1) is 14.1 Å². The first-order chi connectivity index (χ1) is 11.0. The molecule has 1 unspecified atom stereocenters. The minimum Gasteiger partial charge on any atom is -0.357 e. The molecule has 2 heterocycles. The molecule has 1 aliphatic rings. The Bertz CT molecular complexity index is 857. The van der Waals surface area contributed by atoms with Gasteiger partial charge in [-0.2, -0.15) is 0 Å². The van der Waals surface area contributed by atoms with Crippen molar-refractivity contribution >= 4 is 24.2 Å². The lowest BCUT2D eigenvalue weighted by atomic mass is 9.94. The Hall–Kier alpha value is -1.84. The summed E-state index contributed by atoms with van der Waals surface area (Å²) in [5.41, 5.74) is 5.48. The standard InChI is InChI=1S/C20H24N2Si/c1-23(2,3)15-8-6-7-14(13-15)19-20-17(11-12-21-19)16-9-4-5-10-18(16)22-20/h4-10,13,19,21-22H,11-12H2,1-3H3. The molecule has 0 spiro atoms. The molecule has 1 aromatic heterocycles. The highest BCUT2D eigenvalue weighted by molar-refractivity contribution is 6.88. The van der Waals surface area contributed by atoms with Gasteiger partial charge in [-0.25, -0.2) is 0 Å². The first kappa shape index (κ1) is 14.7. The van der Waals surface area contributed by atoms with Gasteiger partial charge in [-0.1, -0.05) is 67.3 Å². The summed E-state index contributed by atoms with van der Waals surface area (Å²) in [6.45, 7) is 8.27. The maximum Gasteiger partial charge on any atom is 0.0776 e. The Balaban J connectivity index is 1.83. The van der Waals surface area contributed by atoms with Gasteiger partial charge in [-0.15, -0.1) is 0 Å². The van der Waals surface area contributed by atoms with Crippen LogP contribution in [0.3, 0.4) is 0 Å². The smallest absolute Gasteiger partial charge is 0.0776 e. The fraction of sp³-hybridized carbons (Fsp3) is 0.300. The van der Waals surface area contributed by atoms with E-state index < -0.39 is 8.07 Å². The van der Waals surface area contributed by atoms with E-state index in [4.69, 9.17) is 0 Å². The van der Waals surface area contributed by atoms with Crippen LogP contribution in [0.25, 0.3) is 10.9 Å². The first-order valence-corrected chi connectivity index (χ1v) is 12.0. The van der Waals surface area contributed by atoms with Crippen LogP contribution < -0.4 is 10.5 Å². The summed E-state index contributed by atoms with van der Waals surface area (Å²) >= 11 is 0. The minimum atomic E-state index is -1.29. The molecular weight excluding hydrogens is 296 g/mol. The van der Waals surface area contributed by atoms with Crippen LogP contribution in [0.4, 0.5) is 0 Å². The van der Waals surface area contributed by atoms with E-state index in [-0.39, 0.29) is 6.04 Å². The largest absolute Gasteiger partial charge is 0.357 e. The van der Waals surface area contributed by atoms with Crippen LogP contribution in [0, 0.1) is 0 Å². The van der Waals surface area contributed by atoms with Crippen molar-refractivity contribution in [2.24, 2.45) is 0 Å². The van der Waals surface area contributed by atoms with E-state index in [1.54, 1.807) is 0 Å². The Labute approximate surface area is 138 Å². The van der Waals surface area contributed by atoms with Crippen molar-refractivity contribution in [2.75, 3.05) is 6.54 Å². The van der Waals surface area contributed by atoms with Gasteiger partial charge in [-0.3, -0.25) is 0 Å². The molecular formula is C20H24N2Si. The van der Waals surface area contributed by atoms with E-state index in [9.17, 15) is 0 Å². The lowest BCUT2D eigenvalue weighted by Gasteiger charge is -2.26. The van der Waals surface area contributed by atoms with Crippen LogP contribution in [-0.4, -0.2) is 19.6 Å². The monoisotopic (exact) mass is 320 g/mol. The van der Waals surface area contributed by atoms with Crippen LogP contribution in [0.1, 0.15) is 22.9 Å². The van der Waals surface area contributed by atoms with E-state index in [1.165, 1.54) is 32.9 Å². The van der Waals surface area contributed by atoms with Gasteiger partial charge in [-0.05, 0) is 23.6 Å². The minimum absolute atomic E-state index is 0.280. The molecule has 0 saturated heterocycles. The summed E-state index contributed by atoms with van der Waals surface area (Å²) in [4.78, 5) is 3.67. The normalized spacial score (nSPS) is 18.1. The van der Waals surface area contributed by atoms with E-state index in [2.05, 4.69) is 78.5 Å². The SMILES string of the molecule is C[Si](C)(C)c1cccc(C2NCCc3c2[nH]c2ccccc32)c1. The predicted octanol–water partition coefficient (Wildman–Crippen LogP) is 3.95. The fourth-order valence-corrected chi connectivity index (χ4v) is 4.85.